The van der Waals surface area contributed by atoms with E-state index in [1.165, 1.54) is 141 Å². The zero-order valence-corrected chi connectivity index (χ0v) is 35.9. The summed E-state index contributed by atoms with van der Waals surface area (Å²) in [5, 5.41) is 0. The third-order valence-electron chi connectivity index (χ3n) is 9.34. The van der Waals surface area contributed by atoms with E-state index in [0.29, 0.717) is 17.4 Å². The van der Waals surface area contributed by atoms with Gasteiger partial charge < -0.3 is 18.9 Å². The fourth-order valence-electron chi connectivity index (χ4n) is 5.93. The van der Waals surface area contributed by atoms with E-state index in [2.05, 4.69) is 13.8 Å². The molecule has 0 saturated heterocycles. The SMILES string of the molecule is CCCCCCCCCCCCC/C=C/C=C/C(=O)OC[C@H](COP(=O)(O)OCC[N+](C)(C)C)OC(=O)CCCCCCCCCCCCCCCC. The molecule has 0 aliphatic rings. The molecule has 0 heterocycles. The fraction of sp³-hybridized carbons (Fsp3) is 0.860. The summed E-state index contributed by atoms with van der Waals surface area (Å²) in [4.78, 5) is 35.2. The lowest BCUT2D eigenvalue weighted by atomic mass is 10.0. The van der Waals surface area contributed by atoms with Crippen LogP contribution in [0.3, 0.4) is 0 Å². The number of allylic oxidation sites excluding steroid dienone is 3. The van der Waals surface area contributed by atoms with Crippen LogP contribution in [0.5, 0.6) is 0 Å². The molecular formula is C43H83NO8P+. The number of quaternary nitrogens is 1. The zero-order valence-electron chi connectivity index (χ0n) is 35.0. The van der Waals surface area contributed by atoms with Crippen LogP contribution in [0.15, 0.2) is 24.3 Å². The van der Waals surface area contributed by atoms with E-state index >= 15 is 0 Å². The van der Waals surface area contributed by atoms with Crippen LogP contribution >= 0.6 is 7.82 Å². The molecule has 0 aromatic carbocycles. The summed E-state index contributed by atoms with van der Waals surface area (Å²) in [7, 11) is 1.44. The molecule has 0 aromatic heterocycles. The van der Waals surface area contributed by atoms with Crippen LogP contribution in [0, 0.1) is 0 Å². The smallest absolute Gasteiger partial charge is 0.458 e. The van der Waals surface area contributed by atoms with E-state index in [1.807, 2.05) is 33.3 Å². The number of likely N-dealkylation sites (N-methyl/N-ethyl adjacent to an activating group) is 1. The quantitative estimate of drug-likeness (QED) is 0.0164. The largest absolute Gasteiger partial charge is 0.472 e. The molecule has 0 spiro atoms. The van der Waals surface area contributed by atoms with E-state index in [-0.39, 0.29) is 19.6 Å². The molecule has 0 rings (SSSR count). The van der Waals surface area contributed by atoms with Gasteiger partial charge in [-0.25, -0.2) is 9.36 Å². The Balaban J connectivity index is 4.46. The molecule has 53 heavy (non-hydrogen) atoms. The van der Waals surface area contributed by atoms with E-state index < -0.39 is 32.5 Å². The first-order chi connectivity index (χ1) is 25.5. The molecule has 0 fully saturated rings. The number of phosphoric ester groups is 1. The van der Waals surface area contributed by atoms with Gasteiger partial charge in [-0.15, -0.1) is 0 Å². The van der Waals surface area contributed by atoms with Crippen molar-refractivity contribution in [1.29, 1.82) is 0 Å². The number of rotatable bonds is 39. The van der Waals surface area contributed by atoms with Gasteiger partial charge in [0.2, 0.25) is 0 Å². The van der Waals surface area contributed by atoms with Gasteiger partial charge in [0.25, 0.3) is 0 Å². The van der Waals surface area contributed by atoms with Crippen LogP contribution in [-0.4, -0.2) is 74.9 Å². The van der Waals surface area contributed by atoms with Crippen molar-refractivity contribution in [3.05, 3.63) is 24.3 Å². The van der Waals surface area contributed by atoms with E-state index in [0.717, 1.165) is 25.7 Å². The summed E-state index contributed by atoms with van der Waals surface area (Å²) in [5.74, 6) is -1.04. The second kappa shape index (κ2) is 36.1. The van der Waals surface area contributed by atoms with Crippen LogP contribution in [-0.2, 0) is 32.7 Å². The van der Waals surface area contributed by atoms with E-state index in [9.17, 15) is 19.0 Å². The van der Waals surface area contributed by atoms with Crippen molar-refractivity contribution >= 4 is 19.8 Å². The molecule has 0 saturated carbocycles. The minimum Gasteiger partial charge on any atom is -0.458 e. The summed E-state index contributed by atoms with van der Waals surface area (Å²) in [5.41, 5.74) is 0. The molecule has 0 radical (unpaired) electrons. The molecule has 312 valence electrons. The number of phosphoric acid groups is 1. The van der Waals surface area contributed by atoms with E-state index in [4.69, 9.17) is 18.5 Å². The summed E-state index contributed by atoms with van der Waals surface area (Å²) >= 11 is 0. The van der Waals surface area contributed by atoms with E-state index in [1.54, 1.807) is 6.08 Å². The van der Waals surface area contributed by atoms with Crippen LogP contribution in [0.2, 0.25) is 0 Å². The Morgan fingerprint density at radius 1 is 0.623 bits per heavy atom. The summed E-state index contributed by atoms with van der Waals surface area (Å²) in [6.45, 7) is 4.30. The molecule has 0 amide bonds. The molecule has 2 atom stereocenters. The molecule has 10 heteroatoms. The number of hydrogen-bond donors (Lipinski definition) is 1. The molecule has 0 bridgehead atoms. The highest BCUT2D eigenvalue weighted by molar-refractivity contribution is 7.47. The normalized spacial score (nSPS) is 13.8. The maximum absolute atomic E-state index is 12.6. The van der Waals surface area contributed by atoms with Gasteiger partial charge in [-0.1, -0.05) is 180 Å². The number of unbranched alkanes of at least 4 members (excludes halogenated alkanes) is 24. The van der Waals surface area contributed by atoms with Crippen molar-refractivity contribution in [2.45, 2.75) is 193 Å². The molecule has 1 N–H and O–H groups in total. The van der Waals surface area contributed by atoms with Gasteiger partial charge in [0.15, 0.2) is 6.10 Å². The molecule has 0 aliphatic carbocycles. The van der Waals surface area contributed by atoms with Crippen LogP contribution in [0.25, 0.3) is 0 Å². The van der Waals surface area contributed by atoms with Crippen LogP contribution < -0.4 is 0 Å². The molecule has 1 unspecified atom stereocenters. The standard InChI is InChI=1S/C43H82NO8P/c1-6-8-10-12-14-16-18-20-22-24-25-27-29-31-33-35-42(45)49-39-41(40-51-53(47,48)50-38-37-44(3,4)5)52-43(46)36-34-32-30-28-26-23-21-19-17-15-13-11-9-7-2/h29,31,33,35,41H,6-28,30,32,34,36-40H2,1-5H3/p+1/b31-29+,35-33+/t41-/m1/s1. The van der Waals surface area contributed by atoms with Gasteiger partial charge in [-0.05, 0) is 19.3 Å². The van der Waals surface area contributed by atoms with Crippen molar-refractivity contribution in [3.63, 3.8) is 0 Å². The van der Waals surface area contributed by atoms with Gasteiger partial charge in [0, 0.05) is 12.5 Å². The minimum atomic E-state index is -4.39. The Morgan fingerprint density at radius 2 is 1.08 bits per heavy atom. The molecule has 9 nitrogen and oxygen atoms in total. The Labute approximate surface area is 326 Å². The number of esters is 2. The van der Waals surface area contributed by atoms with Gasteiger partial charge in [-0.2, -0.15) is 0 Å². The van der Waals surface area contributed by atoms with Crippen molar-refractivity contribution in [1.82, 2.24) is 0 Å². The first-order valence-corrected chi connectivity index (χ1v) is 23.1. The van der Waals surface area contributed by atoms with Crippen LogP contribution in [0.4, 0.5) is 0 Å². The lowest BCUT2D eigenvalue weighted by Gasteiger charge is -2.24. The minimum absolute atomic E-state index is 0.0212. The predicted molar refractivity (Wildman–Crippen MR) is 220 cm³/mol. The first-order valence-electron chi connectivity index (χ1n) is 21.6. The summed E-state index contributed by atoms with van der Waals surface area (Å²) < 4.78 is 34.1. The molecule has 0 aliphatic heterocycles. The maximum Gasteiger partial charge on any atom is 0.472 e. The third kappa shape index (κ3) is 40.0. The first kappa shape index (κ1) is 51.5. The average Bonchev–Trinajstić information content (AvgIpc) is 3.10. The van der Waals surface area contributed by atoms with Gasteiger partial charge >= 0.3 is 19.8 Å². The fourth-order valence-corrected chi connectivity index (χ4v) is 6.67. The number of carbonyl (C=O) groups is 2. The Bertz CT molecular complexity index is 964. The zero-order chi connectivity index (χ0) is 39.3. The van der Waals surface area contributed by atoms with Gasteiger partial charge in [0.05, 0.1) is 27.7 Å². The average molecular weight is 773 g/mol. The lowest BCUT2D eigenvalue weighted by Crippen LogP contribution is -2.37. The monoisotopic (exact) mass is 773 g/mol. The van der Waals surface area contributed by atoms with Crippen LogP contribution in [0.1, 0.15) is 187 Å². The van der Waals surface area contributed by atoms with Gasteiger partial charge in [0.1, 0.15) is 19.8 Å². The number of hydrogen-bond acceptors (Lipinski definition) is 7. The lowest BCUT2D eigenvalue weighted by molar-refractivity contribution is -0.870. The van der Waals surface area contributed by atoms with Crippen molar-refractivity contribution in [2.24, 2.45) is 0 Å². The molecule has 0 aromatic rings. The Kier molecular flexibility index (Phi) is 35.1. The van der Waals surface area contributed by atoms with Crippen molar-refractivity contribution in [2.75, 3.05) is 47.5 Å². The van der Waals surface area contributed by atoms with Crippen molar-refractivity contribution in [3.8, 4) is 0 Å². The highest BCUT2D eigenvalue weighted by Crippen LogP contribution is 2.43. The number of nitrogens with zero attached hydrogens (tertiary/aromatic N) is 1. The number of carbonyl (C=O) groups excluding carboxylic acids is 2. The predicted octanol–water partition coefficient (Wildman–Crippen LogP) is 12.0. The summed E-state index contributed by atoms with van der Waals surface area (Å²) in [6.07, 6.45) is 38.5. The Morgan fingerprint density at radius 3 is 1.55 bits per heavy atom. The second-order valence-electron chi connectivity index (χ2n) is 15.8. The number of ether oxygens (including phenoxy) is 2. The third-order valence-corrected chi connectivity index (χ3v) is 10.3. The topological polar surface area (TPSA) is 108 Å². The Hall–Kier alpha value is -1.51. The highest BCUT2D eigenvalue weighted by atomic mass is 31.2. The van der Waals surface area contributed by atoms with Gasteiger partial charge in [-0.3, -0.25) is 13.8 Å². The highest BCUT2D eigenvalue weighted by Gasteiger charge is 2.26. The van der Waals surface area contributed by atoms with Crippen molar-refractivity contribution < 1.29 is 42.1 Å². The second-order valence-corrected chi connectivity index (χ2v) is 17.3. The summed E-state index contributed by atoms with van der Waals surface area (Å²) in [6, 6.07) is 0. The maximum atomic E-state index is 12.6. The molecular weight excluding hydrogens is 689 g/mol.